The zero-order valence-electron chi connectivity index (χ0n) is 11.4. The molecular weight excluding hydrogens is 286 g/mol. The molecule has 0 saturated carbocycles. The number of anilines is 1. The third-order valence-corrected chi connectivity index (χ3v) is 3.58. The van der Waals surface area contributed by atoms with Crippen molar-refractivity contribution >= 4 is 33.3 Å². The van der Waals surface area contributed by atoms with Crippen LogP contribution in [0.15, 0.2) is 41.8 Å². The molecule has 0 spiro atoms. The first-order valence-corrected chi connectivity index (χ1v) is 7.40. The van der Waals surface area contributed by atoms with Crippen LogP contribution in [0.2, 0.25) is 0 Å². The highest BCUT2D eigenvalue weighted by atomic mass is 32.1. The van der Waals surface area contributed by atoms with Gasteiger partial charge in [-0.3, -0.25) is 4.79 Å². The van der Waals surface area contributed by atoms with E-state index in [1.54, 1.807) is 0 Å². The van der Waals surface area contributed by atoms with Crippen LogP contribution in [0, 0.1) is 0 Å². The molecule has 5 nitrogen and oxygen atoms in total. The van der Waals surface area contributed by atoms with Gasteiger partial charge in [0.1, 0.15) is 0 Å². The predicted octanol–water partition coefficient (Wildman–Crippen LogP) is 3.34. The van der Waals surface area contributed by atoms with Gasteiger partial charge in [0.25, 0.3) is 5.91 Å². The number of aromatic nitrogens is 2. The van der Waals surface area contributed by atoms with E-state index in [0.717, 1.165) is 5.00 Å². The second-order valence-electron chi connectivity index (χ2n) is 4.23. The van der Waals surface area contributed by atoms with E-state index in [0.29, 0.717) is 17.6 Å². The van der Waals surface area contributed by atoms with E-state index in [1.807, 2.05) is 48.7 Å². The van der Waals surface area contributed by atoms with Gasteiger partial charge in [0.2, 0.25) is 5.88 Å². The van der Waals surface area contributed by atoms with Crippen molar-refractivity contribution < 1.29 is 9.53 Å². The van der Waals surface area contributed by atoms with Gasteiger partial charge in [0, 0.05) is 0 Å². The van der Waals surface area contributed by atoms with Crippen LogP contribution in [0.1, 0.15) is 17.4 Å². The minimum Gasteiger partial charge on any atom is -0.476 e. The maximum absolute atomic E-state index is 12.4. The number of carbonyl (C=O) groups is 1. The number of carbonyl (C=O) groups excluding carboxylic acids is 1. The van der Waals surface area contributed by atoms with Gasteiger partial charge in [0.15, 0.2) is 5.69 Å². The van der Waals surface area contributed by atoms with Crippen molar-refractivity contribution in [3.8, 4) is 5.88 Å². The van der Waals surface area contributed by atoms with Crippen LogP contribution >= 0.6 is 11.3 Å². The molecule has 0 saturated heterocycles. The molecular formula is C15H13N3O2S. The Morgan fingerprint density at radius 2 is 1.95 bits per heavy atom. The minimum atomic E-state index is -0.320. The molecule has 0 aliphatic heterocycles. The molecule has 1 N–H and O–H groups in total. The normalized spacial score (nSPS) is 10.5. The molecule has 1 aromatic carbocycles. The molecule has 0 fully saturated rings. The lowest BCUT2D eigenvalue weighted by molar-refractivity contribution is 0.101. The second kappa shape index (κ2) is 5.88. The molecule has 2 aromatic heterocycles. The monoisotopic (exact) mass is 299 g/mol. The summed E-state index contributed by atoms with van der Waals surface area (Å²) in [5.41, 5.74) is 1.56. The van der Waals surface area contributed by atoms with Gasteiger partial charge in [-0.2, -0.15) is 0 Å². The largest absolute Gasteiger partial charge is 0.476 e. The fourth-order valence-corrected chi connectivity index (χ4v) is 2.50. The Balaban J connectivity index is 2.02. The highest BCUT2D eigenvalue weighted by Gasteiger charge is 2.18. The quantitative estimate of drug-likeness (QED) is 0.802. The SMILES string of the molecule is CCOc1nc2ccccc2nc1C(=O)Nc1cccs1. The molecule has 0 atom stereocenters. The van der Waals surface area contributed by atoms with Crippen LogP contribution in [-0.4, -0.2) is 22.5 Å². The van der Waals surface area contributed by atoms with Gasteiger partial charge in [-0.25, -0.2) is 9.97 Å². The van der Waals surface area contributed by atoms with Crippen molar-refractivity contribution in [2.24, 2.45) is 0 Å². The van der Waals surface area contributed by atoms with E-state index in [1.165, 1.54) is 11.3 Å². The number of hydrogen-bond donors (Lipinski definition) is 1. The average Bonchev–Trinajstić information content (AvgIpc) is 2.99. The summed E-state index contributed by atoms with van der Waals surface area (Å²) in [4.78, 5) is 21.1. The minimum absolute atomic E-state index is 0.198. The van der Waals surface area contributed by atoms with Crippen molar-refractivity contribution in [3.05, 3.63) is 47.5 Å². The molecule has 0 radical (unpaired) electrons. The lowest BCUT2D eigenvalue weighted by atomic mass is 10.3. The Morgan fingerprint density at radius 3 is 2.62 bits per heavy atom. The van der Waals surface area contributed by atoms with Gasteiger partial charge >= 0.3 is 0 Å². The number of nitrogens with zero attached hydrogens (tertiary/aromatic N) is 2. The Hall–Kier alpha value is -2.47. The third kappa shape index (κ3) is 2.85. The van der Waals surface area contributed by atoms with E-state index in [2.05, 4.69) is 15.3 Å². The van der Waals surface area contributed by atoms with Crippen LogP contribution in [-0.2, 0) is 0 Å². The number of hydrogen-bond acceptors (Lipinski definition) is 5. The molecule has 106 valence electrons. The zero-order valence-corrected chi connectivity index (χ0v) is 12.2. The topological polar surface area (TPSA) is 64.1 Å². The van der Waals surface area contributed by atoms with E-state index < -0.39 is 0 Å². The van der Waals surface area contributed by atoms with Crippen molar-refractivity contribution in [1.82, 2.24) is 9.97 Å². The first-order valence-electron chi connectivity index (χ1n) is 6.52. The fourth-order valence-electron chi connectivity index (χ4n) is 1.89. The summed E-state index contributed by atoms with van der Waals surface area (Å²) < 4.78 is 5.45. The Bertz CT molecular complexity index is 772. The van der Waals surface area contributed by atoms with Crippen LogP contribution in [0.3, 0.4) is 0 Å². The number of fused-ring (bicyclic) bond motifs is 1. The first kappa shape index (κ1) is 13.5. The number of rotatable bonds is 4. The van der Waals surface area contributed by atoms with Gasteiger partial charge in [-0.15, -0.1) is 11.3 Å². The number of ether oxygens (including phenoxy) is 1. The van der Waals surface area contributed by atoms with E-state index in [9.17, 15) is 4.79 Å². The van der Waals surface area contributed by atoms with Gasteiger partial charge < -0.3 is 10.1 Å². The highest BCUT2D eigenvalue weighted by Crippen LogP contribution is 2.22. The molecule has 2 heterocycles. The molecule has 1 amide bonds. The number of amides is 1. The van der Waals surface area contributed by atoms with Crippen LogP contribution < -0.4 is 10.1 Å². The molecule has 0 unspecified atom stereocenters. The number of thiophene rings is 1. The zero-order chi connectivity index (χ0) is 14.7. The average molecular weight is 299 g/mol. The summed E-state index contributed by atoms with van der Waals surface area (Å²) in [6, 6.07) is 11.1. The summed E-state index contributed by atoms with van der Waals surface area (Å²) in [6.45, 7) is 2.27. The van der Waals surface area contributed by atoms with Crippen molar-refractivity contribution in [2.75, 3.05) is 11.9 Å². The maximum atomic E-state index is 12.4. The van der Waals surface area contributed by atoms with Crippen LogP contribution in [0.25, 0.3) is 11.0 Å². The number of nitrogens with one attached hydrogen (secondary N) is 1. The van der Waals surface area contributed by atoms with Crippen LogP contribution in [0.5, 0.6) is 5.88 Å². The highest BCUT2D eigenvalue weighted by molar-refractivity contribution is 7.14. The molecule has 6 heteroatoms. The number of benzene rings is 1. The standard InChI is InChI=1S/C15H13N3O2S/c1-2-20-15-13(14(19)18-12-8-5-9-21-12)16-10-6-3-4-7-11(10)17-15/h3-9H,2H2,1H3,(H,18,19). The predicted molar refractivity (Wildman–Crippen MR) is 83.0 cm³/mol. The lowest BCUT2D eigenvalue weighted by Gasteiger charge is -2.09. The Kier molecular flexibility index (Phi) is 3.79. The van der Waals surface area contributed by atoms with E-state index in [4.69, 9.17) is 4.74 Å². The van der Waals surface area contributed by atoms with E-state index >= 15 is 0 Å². The molecule has 0 bridgehead atoms. The Morgan fingerprint density at radius 1 is 1.19 bits per heavy atom. The van der Waals surface area contributed by atoms with Crippen LogP contribution in [0.4, 0.5) is 5.00 Å². The van der Waals surface area contributed by atoms with Crippen molar-refractivity contribution in [3.63, 3.8) is 0 Å². The summed E-state index contributed by atoms with van der Waals surface area (Å²) >= 11 is 1.45. The van der Waals surface area contributed by atoms with E-state index in [-0.39, 0.29) is 17.5 Å². The molecule has 21 heavy (non-hydrogen) atoms. The third-order valence-electron chi connectivity index (χ3n) is 2.79. The van der Waals surface area contributed by atoms with Gasteiger partial charge in [-0.1, -0.05) is 12.1 Å². The second-order valence-corrected chi connectivity index (χ2v) is 5.18. The first-order chi connectivity index (χ1) is 10.3. The van der Waals surface area contributed by atoms with Gasteiger partial charge in [0.05, 0.1) is 22.6 Å². The molecule has 3 aromatic rings. The Labute approximate surface area is 125 Å². The molecule has 3 rings (SSSR count). The van der Waals surface area contributed by atoms with Crippen molar-refractivity contribution in [2.45, 2.75) is 6.92 Å². The summed E-state index contributed by atoms with van der Waals surface area (Å²) in [5, 5.41) is 5.45. The maximum Gasteiger partial charge on any atom is 0.280 e. The molecule has 0 aliphatic carbocycles. The summed E-state index contributed by atoms with van der Waals surface area (Å²) in [6.07, 6.45) is 0. The summed E-state index contributed by atoms with van der Waals surface area (Å²) in [5.74, 6) is -0.0654. The number of para-hydroxylation sites is 2. The smallest absolute Gasteiger partial charge is 0.280 e. The van der Waals surface area contributed by atoms with Crippen molar-refractivity contribution in [1.29, 1.82) is 0 Å². The lowest BCUT2D eigenvalue weighted by Crippen LogP contribution is -2.16. The van der Waals surface area contributed by atoms with Gasteiger partial charge in [-0.05, 0) is 36.6 Å². The molecule has 0 aliphatic rings. The summed E-state index contributed by atoms with van der Waals surface area (Å²) in [7, 11) is 0. The fraction of sp³-hybridized carbons (Fsp3) is 0.133.